The van der Waals surface area contributed by atoms with E-state index in [2.05, 4.69) is 26.7 Å². The van der Waals surface area contributed by atoms with Gasteiger partial charge in [0.25, 0.3) is 5.91 Å². The molecule has 170 valence electrons. The third-order valence-corrected chi connectivity index (χ3v) is 5.71. The van der Waals surface area contributed by atoms with Crippen molar-refractivity contribution in [2.45, 2.75) is 13.1 Å². The molecule has 4 aromatic rings. The summed E-state index contributed by atoms with van der Waals surface area (Å²) in [6.45, 7) is 0.566. The van der Waals surface area contributed by atoms with Crippen LogP contribution in [0.25, 0.3) is 10.9 Å². The Balaban J connectivity index is 1.72. The van der Waals surface area contributed by atoms with Gasteiger partial charge >= 0.3 is 0 Å². The van der Waals surface area contributed by atoms with Gasteiger partial charge in [0.2, 0.25) is 0 Å². The third kappa shape index (κ3) is 5.04. The number of pyridine rings is 2. The van der Waals surface area contributed by atoms with Gasteiger partial charge in [0.1, 0.15) is 16.5 Å². The molecule has 0 fully saturated rings. The smallest absolute Gasteiger partial charge is 0.256 e. The number of anilines is 1. The summed E-state index contributed by atoms with van der Waals surface area (Å²) in [5.74, 6) is 0.152. The van der Waals surface area contributed by atoms with Crippen LogP contribution < -0.4 is 15.4 Å². The Bertz CT molecular complexity index is 1400. The Kier molecular flexibility index (Phi) is 7.12. The number of carbonyl (C=O) groups is 1. The molecular weight excluding hydrogens is 473 g/mol. The van der Waals surface area contributed by atoms with Crippen molar-refractivity contribution < 1.29 is 9.53 Å². The van der Waals surface area contributed by atoms with Crippen molar-refractivity contribution in [1.82, 2.24) is 15.3 Å². The number of methoxy groups -OCH3 is 1. The fraction of sp³-hybridized carbons (Fsp3) is 0.120. The van der Waals surface area contributed by atoms with Gasteiger partial charge in [-0.1, -0.05) is 35.3 Å². The van der Waals surface area contributed by atoms with Gasteiger partial charge in [-0.2, -0.15) is 5.26 Å². The monoisotopic (exact) mass is 491 g/mol. The van der Waals surface area contributed by atoms with Gasteiger partial charge in [0, 0.05) is 18.1 Å². The third-order valence-electron chi connectivity index (χ3n) is 5.14. The van der Waals surface area contributed by atoms with Gasteiger partial charge in [-0.3, -0.25) is 9.78 Å². The zero-order chi connectivity index (χ0) is 24.1. The van der Waals surface area contributed by atoms with Crippen molar-refractivity contribution in [2.24, 2.45) is 0 Å². The highest BCUT2D eigenvalue weighted by Gasteiger charge is 2.21. The van der Waals surface area contributed by atoms with E-state index in [1.165, 1.54) is 0 Å². The largest absolute Gasteiger partial charge is 0.495 e. The molecule has 7 nitrogen and oxygen atoms in total. The average Bonchev–Trinajstić information content (AvgIpc) is 2.86. The van der Waals surface area contributed by atoms with Gasteiger partial charge in [-0.25, -0.2) is 4.98 Å². The molecule has 0 radical (unpaired) electrons. The summed E-state index contributed by atoms with van der Waals surface area (Å²) in [5.41, 5.74) is 3.21. The normalized spacial score (nSPS) is 10.5. The SMILES string of the molecule is COc1ccc(CNc2c(C(=O)NCc3ccccn3)c(Cl)nc3ccc(C#N)cc23)cc1Cl. The van der Waals surface area contributed by atoms with E-state index in [4.69, 9.17) is 27.9 Å². The second-order valence-corrected chi connectivity index (χ2v) is 8.09. The highest BCUT2D eigenvalue weighted by atomic mass is 35.5. The van der Waals surface area contributed by atoms with Gasteiger partial charge in [-0.05, 0) is 48.0 Å². The molecule has 1 amide bonds. The molecule has 0 saturated heterocycles. The maximum atomic E-state index is 13.2. The molecule has 0 bridgehead atoms. The van der Waals surface area contributed by atoms with Crippen LogP contribution >= 0.6 is 23.2 Å². The maximum Gasteiger partial charge on any atom is 0.256 e. The molecule has 2 N–H and O–H groups in total. The summed E-state index contributed by atoms with van der Waals surface area (Å²) >= 11 is 12.7. The molecule has 0 aliphatic carbocycles. The fourth-order valence-corrected chi connectivity index (χ4v) is 4.02. The van der Waals surface area contributed by atoms with Gasteiger partial charge in [0.05, 0.1) is 47.2 Å². The van der Waals surface area contributed by atoms with Crippen LogP contribution in [0.2, 0.25) is 10.2 Å². The first kappa shape index (κ1) is 23.3. The second-order valence-electron chi connectivity index (χ2n) is 7.32. The van der Waals surface area contributed by atoms with E-state index < -0.39 is 5.91 Å². The zero-order valence-electron chi connectivity index (χ0n) is 18.1. The minimum Gasteiger partial charge on any atom is -0.495 e. The van der Waals surface area contributed by atoms with Crippen molar-refractivity contribution in [3.05, 3.63) is 93.4 Å². The van der Waals surface area contributed by atoms with Crippen molar-refractivity contribution in [2.75, 3.05) is 12.4 Å². The lowest BCUT2D eigenvalue weighted by atomic mass is 10.1. The van der Waals surface area contributed by atoms with E-state index in [1.54, 1.807) is 49.7 Å². The van der Waals surface area contributed by atoms with Gasteiger partial charge in [-0.15, -0.1) is 0 Å². The minimum atomic E-state index is -0.414. The lowest BCUT2D eigenvalue weighted by Gasteiger charge is -2.17. The molecule has 0 spiro atoms. The number of carbonyl (C=O) groups excluding carboxylic acids is 1. The number of fused-ring (bicyclic) bond motifs is 1. The minimum absolute atomic E-state index is 0.0472. The molecule has 0 saturated carbocycles. The van der Waals surface area contributed by atoms with E-state index in [9.17, 15) is 10.1 Å². The van der Waals surface area contributed by atoms with Crippen molar-refractivity contribution >= 4 is 45.7 Å². The van der Waals surface area contributed by atoms with Crippen LogP contribution in [-0.4, -0.2) is 23.0 Å². The fourth-order valence-electron chi connectivity index (χ4n) is 3.47. The quantitative estimate of drug-likeness (QED) is 0.337. The number of benzene rings is 2. The Morgan fingerprint density at radius 1 is 1.12 bits per heavy atom. The highest BCUT2D eigenvalue weighted by molar-refractivity contribution is 6.34. The van der Waals surface area contributed by atoms with Crippen LogP contribution in [0.3, 0.4) is 0 Å². The van der Waals surface area contributed by atoms with Gasteiger partial charge < -0.3 is 15.4 Å². The first-order chi connectivity index (χ1) is 16.5. The molecule has 4 rings (SSSR count). The lowest BCUT2D eigenvalue weighted by Crippen LogP contribution is -2.25. The van der Waals surface area contributed by atoms with Gasteiger partial charge in [0.15, 0.2) is 0 Å². The van der Waals surface area contributed by atoms with Crippen LogP contribution in [0.5, 0.6) is 5.75 Å². The van der Waals surface area contributed by atoms with E-state index in [0.29, 0.717) is 45.2 Å². The van der Waals surface area contributed by atoms with E-state index in [0.717, 1.165) is 5.56 Å². The number of nitriles is 1. The topological polar surface area (TPSA) is 99.9 Å². The van der Waals surface area contributed by atoms with Crippen LogP contribution in [0.1, 0.15) is 27.2 Å². The zero-order valence-corrected chi connectivity index (χ0v) is 19.6. The first-order valence-corrected chi connectivity index (χ1v) is 11.0. The van der Waals surface area contributed by atoms with Crippen molar-refractivity contribution in [1.29, 1.82) is 5.26 Å². The number of aromatic nitrogens is 2. The molecule has 0 atom stereocenters. The van der Waals surface area contributed by atoms with Crippen LogP contribution in [0, 0.1) is 11.3 Å². The summed E-state index contributed by atoms with van der Waals surface area (Å²) in [6.07, 6.45) is 1.66. The molecule has 34 heavy (non-hydrogen) atoms. The van der Waals surface area contributed by atoms with E-state index in [1.807, 2.05) is 18.2 Å². The molecule has 0 aliphatic heterocycles. The number of hydrogen-bond acceptors (Lipinski definition) is 6. The summed E-state index contributed by atoms with van der Waals surface area (Å²) in [5, 5.41) is 16.7. The number of ether oxygens (including phenoxy) is 1. The standard InChI is InChI=1S/C25H19Cl2N5O2/c1-34-21-8-6-16(11-19(21)26)13-30-23-18-10-15(12-28)5-7-20(18)32-24(27)22(23)25(33)31-14-17-4-2-3-9-29-17/h2-11H,13-14H2,1H3,(H,30,32)(H,31,33). The number of amides is 1. The Hall–Kier alpha value is -3.86. The maximum absolute atomic E-state index is 13.2. The summed E-state index contributed by atoms with van der Waals surface area (Å²) in [6, 6.07) is 18.0. The Labute approximate surface area is 206 Å². The molecular formula is C25H19Cl2N5O2. The molecule has 0 unspecified atom stereocenters. The Morgan fingerprint density at radius 2 is 1.97 bits per heavy atom. The molecule has 0 aliphatic rings. The predicted molar refractivity (Wildman–Crippen MR) is 132 cm³/mol. The van der Waals surface area contributed by atoms with Crippen LogP contribution in [0.4, 0.5) is 5.69 Å². The average molecular weight is 492 g/mol. The van der Waals surface area contributed by atoms with Crippen LogP contribution in [0.15, 0.2) is 60.8 Å². The first-order valence-electron chi connectivity index (χ1n) is 10.3. The second kappa shape index (κ2) is 10.4. The summed E-state index contributed by atoms with van der Waals surface area (Å²) in [7, 11) is 1.55. The number of nitrogens with one attached hydrogen (secondary N) is 2. The molecule has 2 heterocycles. The number of nitrogens with zero attached hydrogens (tertiary/aromatic N) is 3. The highest BCUT2D eigenvalue weighted by Crippen LogP contribution is 2.33. The summed E-state index contributed by atoms with van der Waals surface area (Å²) < 4.78 is 5.21. The van der Waals surface area contributed by atoms with Crippen molar-refractivity contribution in [3.63, 3.8) is 0 Å². The molecule has 2 aromatic carbocycles. The lowest BCUT2D eigenvalue weighted by molar-refractivity contribution is 0.0951. The predicted octanol–water partition coefficient (Wildman–Crippen LogP) is 5.36. The van der Waals surface area contributed by atoms with Crippen LogP contribution in [-0.2, 0) is 13.1 Å². The number of hydrogen-bond donors (Lipinski definition) is 2. The van der Waals surface area contributed by atoms with Crippen molar-refractivity contribution in [3.8, 4) is 11.8 Å². The molecule has 9 heteroatoms. The number of halogens is 2. The van der Waals surface area contributed by atoms with E-state index in [-0.39, 0.29) is 17.3 Å². The Morgan fingerprint density at radius 3 is 2.68 bits per heavy atom. The van der Waals surface area contributed by atoms with E-state index >= 15 is 0 Å². The molecule has 2 aromatic heterocycles. The summed E-state index contributed by atoms with van der Waals surface area (Å²) in [4.78, 5) is 21.8. The number of rotatable bonds is 7.